The molecule has 0 amide bonds. The molecule has 0 aliphatic carbocycles. The minimum Gasteiger partial charge on any atom is -0.425 e. The highest BCUT2D eigenvalue weighted by atomic mass is 35.5. The van der Waals surface area contributed by atoms with Crippen molar-refractivity contribution in [1.29, 1.82) is 5.41 Å². The first-order valence-corrected chi connectivity index (χ1v) is 4.77. The van der Waals surface area contributed by atoms with Gasteiger partial charge in [-0.15, -0.1) is 12.4 Å². The van der Waals surface area contributed by atoms with Gasteiger partial charge in [-0.2, -0.15) is 4.73 Å². The molecule has 0 unspecified atom stereocenters. The molecule has 2 rings (SSSR count). The SMILES string of the molecule is Cl.N=c1cc(N2CCOCC2)cc(N)n1O.O. The molecule has 1 aromatic heterocycles. The third-order valence-corrected chi connectivity index (χ3v) is 2.43. The zero-order valence-corrected chi connectivity index (χ0v) is 10.0. The van der Waals surface area contributed by atoms with Crippen LogP contribution in [0.25, 0.3) is 0 Å². The molecule has 1 fully saturated rings. The zero-order chi connectivity index (χ0) is 10.8. The van der Waals surface area contributed by atoms with E-state index in [9.17, 15) is 5.21 Å². The van der Waals surface area contributed by atoms with Crippen molar-refractivity contribution >= 4 is 23.9 Å². The molecule has 0 aromatic carbocycles. The van der Waals surface area contributed by atoms with E-state index in [1.54, 1.807) is 12.1 Å². The van der Waals surface area contributed by atoms with Gasteiger partial charge in [0.15, 0.2) is 5.49 Å². The van der Waals surface area contributed by atoms with Gasteiger partial charge in [-0.05, 0) is 0 Å². The number of nitrogens with zero attached hydrogens (tertiary/aromatic N) is 2. The van der Waals surface area contributed by atoms with Crippen LogP contribution in [0.4, 0.5) is 11.5 Å². The lowest BCUT2D eigenvalue weighted by atomic mass is 10.3. The fourth-order valence-corrected chi connectivity index (χ4v) is 1.60. The molecule has 98 valence electrons. The van der Waals surface area contributed by atoms with E-state index in [2.05, 4.69) is 4.90 Å². The first-order valence-electron chi connectivity index (χ1n) is 4.77. The Morgan fingerprint density at radius 2 is 1.88 bits per heavy atom. The van der Waals surface area contributed by atoms with Crippen LogP contribution < -0.4 is 16.1 Å². The summed E-state index contributed by atoms with van der Waals surface area (Å²) in [5, 5.41) is 16.8. The molecule has 0 saturated carbocycles. The van der Waals surface area contributed by atoms with Gasteiger partial charge in [0.05, 0.1) is 13.2 Å². The number of morpholine rings is 1. The monoisotopic (exact) mass is 264 g/mol. The summed E-state index contributed by atoms with van der Waals surface area (Å²) >= 11 is 0. The molecule has 7 nitrogen and oxygen atoms in total. The number of anilines is 2. The van der Waals surface area contributed by atoms with Crippen LogP contribution in [0.15, 0.2) is 12.1 Å². The first kappa shape index (κ1) is 15.6. The van der Waals surface area contributed by atoms with Gasteiger partial charge < -0.3 is 26.1 Å². The van der Waals surface area contributed by atoms with E-state index >= 15 is 0 Å². The maximum Gasteiger partial charge on any atom is 0.165 e. The smallest absolute Gasteiger partial charge is 0.165 e. The lowest BCUT2D eigenvalue weighted by Crippen LogP contribution is -2.37. The molecule has 0 bridgehead atoms. The van der Waals surface area contributed by atoms with Gasteiger partial charge in [0.1, 0.15) is 5.82 Å². The number of nitrogen functional groups attached to an aromatic ring is 1. The maximum absolute atomic E-state index is 9.29. The van der Waals surface area contributed by atoms with Crippen LogP contribution in [-0.2, 0) is 4.74 Å². The van der Waals surface area contributed by atoms with E-state index in [-0.39, 0.29) is 29.2 Å². The van der Waals surface area contributed by atoms with E-state index in [4.69, 9.17) is 15.9 Å². The maximum atomic E-state index is 9.29. The van der Waals surface area contributed by atoms with Crippen molar-refractivity contribution in [2.45, 2.75) is 0 Å². The Hall–Kier alpha value is -1.44. The van der Waals surface area contributed by atoms with Gasteiger partial charge in [-0.3, -0.25) is 5.41 Å². The van der Waals surface area contributed by atoms with Gasteiger partial charge in [-0.1, -0.05) is 0 Å². The molecule has 0 radical (unpaired) electrons. The van der Waals surface area contributed by atoms with Crippen LogP contribution >= 0.6 is 12.4 Å². The van der Waals surface area contributed by atoms with E-state index in [1.807, 2.05) is 0 Å². The number of halogens is 1. The topological polar surface area (TPSA) is 119 Å². The van der Waals surface area contributed by atoms with Crippen LogP contribution in [0.3, 0.4) is 0 Å². The Morgan fingerprint density at radius 3 is 2.41 bits per heavy atom. The molecule has 6 N–H and O–H groups in total. The van der Waals surface area contributed by atoms with E-state index in [0.29, 0.717) is 17.9 Å². The van der Waals surface area contributed by atoms with Gasteiger partial charge in [0.2, 0.25) is 0 Å². The van der Waals surface area contributed by atoms with Gasteiger partial charge in [0, 0.05) is 30.9 Å². The summed E-state index contributed by atoms with van der Waals surface area (Å²) in [5.41, 5.74) is 6.40. The second-order valence-corrected chi connectivity index (χ2v) is 3.43. The fourth-order valence-electron chi connectivity index (χ4n) is 1.60. The third kappa shape index (κ3) is 3.26. The van der Waals surface area contributed by atoms with Gasteiger partial charge in [-0.25, -0.2) is 0 Å². The number of hydrogen-bond donors (Lipinski definition) is 3. The van der Waals surface area contributed by atoms with Crippen molar-refractivity contribution < 1.29 is 15.4 Å². The molecule has 1 aromatic rings. The molecule has 8 heteroatoms. The van der Waals surface area contributed by atoms with Crippen LogP contribution in [0.5, 0.6) is 0 Å². The lowest BCUT2D eigenvalue weighted by Gasteiger charge is -2.29. The van der Waals surface area contributed by atoms with Crippen LogP contribution in [-0.4, -0.2) is 41.7 Å². The van der Waals surface area contributed by atoms with Gasteiger partial charge >= 0.3 is 0 Å². The highest BCUT2D eigenvalue weighted by Crippen LogP contribution is 2.15. The Balaban J connectivity index is 0.00000128. The number of hydrogen-bond acceptors (Lipinski definition) is 5. The molecule has 0 atom stereocenters. The molecule has 0 spiro atoms. The molecule has 1 aliphatic heterocycles. The van der Waals surface area contributed by atoms with Crippen molar-refractivity contribution in [1.82, 2.24) is 4.73 Å². The summed E-state index contributed by atoms with van der Waals surface area (Å²) in [4.78, 5) is 2.08. The summed E-state index contributed by atoms with van der Waals surface area (Å²) in [6.07, 6.45) is 0. The van der Waals surface area contributed by atoms with Crippen molar-refractivity contribution in [3.8, 4) is 0 Å². The number of ether oxygens (including phenoxy) is 1. The number of nitrogens with one attached hydrogen (secondary N) is 1. The van der Waals surface area contributed by atoms with Gasteiger partial charge in [0.25, 0.3) is 0 Å². The summed E-state index contributed by atoms with van der Waals surface area (Å²) in [5.74, 6) is 0.170. The summed E-state index contributed by atoms with van der Waals surface area (Å²) in [6.45, 7) is 2.94. The second kappa shape index (κ2) is 6.33. The van der Waals surface area contributed by atoms with Crippen molar-refractivity contribution in [2.75, 3.05) is 36.9 Å². The molecule has 1 saturated heterocycles. The number of aromatic nitrogens is 1. The van der Waals surface area contributed by atoms with E-state index < -0.39 is 0 Å². The van der Waals surface area contributed by atoms with E-state index in [1.165, 1.54) is 0 Å². The number of rotatable bonds is 1. The summed E-state index contributed by atoms with van der Waals surface area (Å²) in [6, 6.07) is 3.24. The number of nitrogens with two attached hydrogens (primary N) is 1. The Labute approximate surface area is 105 Å². The van der Waals surface area contributed by atoms with Crippen molar-refractivity contribution in [2.24, 2.45) is 0 Å². The number of pyridine rings is 1. The van der Waals surface area contributed by atoms with Crippen LogP contribution in [0.1, 0.15) is 0 Å². The van der Waals surface area contributed by atoms with Crippen LogP contribution in [0, 0.1) is 5.41 Å². The first-order chi connectivity index (χ1) is 7.18. The minimum atomic E-state index is -0.0171. The molecular formula is C9H17ClN4O3. The zero-order valence-electron chi connectivity index (χ0n) is 9.22. The lowest BCUT2D eigenvalue weighted by molar-refractivity contribution is 0.122. The summed E-state index contributed by atoms with van der Waals surface area (Å²) in [7, 11) is 0. The summed E-state index contributed by atoms with van der Waals surface area (Å²) < 4.78 is 5.89. The second-order valence-electron chi connectivity index (χ2n) is 3.43. The average Bonchev–Trinajstić information content (AvgIpc) is 2.26. The molecule has 1 aliphatic rings. The normalized spacial score (nSPS) is 14.7. The van der Waals surface area contributed by atoms with Crippen molar-refractivity contribution in [3.05, 3.63) is 17.6 Å². The Bertz CT molecular complexity index is 417. The predicted octanol–water partition coefficient (Wildman–Crippen LogP) is -0.779. The highest BCUT2D eigenvalue weighted by Gasteiger charge is 2.12. The molecule has 17 heavy (non-hydrogen) atoms. The third-order valence-electron chi connectivity index (χ3n) is 2.43. The average molecular weight is 265 g/mol. The molecular weight excluding hydrogens is 248 g/mol. The highest BCUT2D eigenvalue weighted by molar-refractivity contribution is 5.85. The van der Waals surface area contributed by atoms with Crippen molar-refractivity contribution in [3.63, 3.8) is 0 Å². The fraction of sp³-hybridized carbons (Fsp3) is 0.444. The standard InChI is InChI=1S/C9H14N4O2.ClH.H2O/c10-8-5-7(6-9(11)13(8)14)12-1-3-15-4-2-12;;/h5-6,10,14H,1-4,11H2;1H;1H2. The van der Waals surface area contributed by atoms with Crippen LogP contribution in [0.2, 0.25) is 0 Å². The minimum absolute atomic E-state index is 0. The Kier molecular flexibility index (Phi) is 5.80. The quantitative estimate of drug-likeness (QED) is 0.577. The molecule has 2 heterocycles. The van der Waals surface area contributed by atoms with E-state index in [0.717, 1.165) is 18.8 Å². The predicted molar refractivity (Wildman–Crippen MR) is 65.8 cm³/mol. The Morgan fingerprint density at radius 1 is 1.29 bits per heavy atom. The largest absolute Gasteiger partial charge is 0.425 e.